The molecule has 0 fully saturated rings. The Morgan fingerprint density at radius 1 is 1.08 bits per heavy atom. The number of ether oxygens (including phenoxy) is 1. The van der Waals surface area contributed by atoms with Gasteiger partial charge in [0, 0.05) is 4.47 Å². The van der Waals surface area contributed by atoms with Crippen molar-refractivity contribution in [3.05, 3.63) is 58.1 Å². The third kappa shape index (κ3) is 4.61. The molecular weight excluding hydrogens is 406 g/mol. The number of hydrogen-bond acceptors (Lipinski definition) is 4. The summed E-state index contributed by atoms with van der Waals surface area (Å²) in [6, 6.07) is 11.6. The predicted octanol–water partition coefficient (Wildman–Crippen LogP) is 3.82. The number of benzene rings is 2. The van der Waals surface area contributed by atoms with Gasteiger partial charge in [-0.25, -0.2) is 8.42 Å². The maximum absolute atomic E-state index is 13.1. The lowest BCUT2D eigenvalue weighted by molar-refractivity contribution is -0.141. The second-order valence-electron chi connectivity index (χ2n) is 5.54. The van der Waals surface area contributed by atoms with Gasteiger partial charge in [-0.3, -0.25) is 9.10 Å². The molecule has 0 aliphatic carbocycles. The molecule has 0 bridgehead atoms. The first kappa shape index (κ1) is 19.5. The molecule has 0 aliphatic heterocycles. The van der Waals surface area contributed by atoms with Crippen molar-refractivity contribution >= 4 is 37.6 Å². The Bertz CT molecular complexity index is 863. The van der Waals surface area contributed by atoms with Gasteiger partial charge >= 0.3 is 5.97 Å². The third-order valence-electron chi connectivity index (χ3n) is 3.76. The number of halogens is 1. The van der Waals surface area contributed by atoms with E-state index in [2.05, 4.69) is 15.9 Å². The molecule has 0 saturated carbocycles. The normalized spacial score (nSPS) is 11.2. The number of anilines is 1. The molecule has 0 saturated heterocycles. The second kappa shape index (κ2) is 8.01. The van der Waals surface area contributed by atoms with Crippen molar-refractivity contribution in [2.24, 2.45) is 0 Å². The quantitative estimate of drug-likeness (QED) is 0.659. The lowest BCUT2D eigenvalue weighted by Gasteiger charge is -2.24. The van der Waals surface area contributed by atoms with E-state index in [-0.39, 0.29) is 18.0 Å². The fourth-order valence-corrected chi connectivity index (χ4v) is 3.92. The second-order valence-corrected chi connectivity index (χ2v) is 8.32. The van der Waals surface area contributed by atoms with Gasteiger partial charge in [0.1, 0.15) is 6.54 Å². The minimum Gasteiger partial charge on any atom is -0.465 e. The number of rotatable bonds is 6. The van der Waals surface area contributed by atoms with E-state index in [1.165, 1.54) is 12.1 Å². The van der Waals surface area contributed by atoms with E-state index < -0.39 is 16.0 Å². The average molecular weight is 426 g/mol. The third-order valence-corrected chi connectivity index (χ3v) is 6.07. The number of hydrogen-bond donors (Lipinski definition) is 0. The van der Waals surface area contributed by atoms with Gasteiger partial charge in [0.2, 0.25) is 0 Å². The van der Waals surface area contributed by atoms with Gasteiger partial charge < -0.3 is 4.74 Å². The van der Waals surface area contributed by atoms with E-state index in [4.69, 9.17) is 4.74 Å². The summed E-state index contributed by atoms with van der Waals surface area (Å²) in [6.07, 6.45) is 0. The fourth-order valence-electron chi connectivity index (χ4n) is 2.25. The van der Waals surface area contributed by atoms with Gasteiger partial charge in [-0.05, 0) is 68.3 Å². The zero-order valence-electron chi connectivity index (χ0n) is 14.3. The molecule has 0 radical (unpaired) electrons. The van der Waals surface area contributed by atoms with Gasteiger partial charge in [0.25, 0.3) is 10.0 Å². The fraction of sp³-hybridized carbons (Fsp3) is 0.278. The van der Waals surface area contributed by atoms with Crippen molar-refractivity contribution in [1.82, 2.24) is 0 Å². The van der Waals surface area contributed by atoms with E-state index in [1.54, 1.807) is 31.2 Å². The number of carbonyl (C=O) groups excluding carboxylic acids is 1. The van der Waals surface area contributed by atoms with Crippen LogP contribution in [0, 0.1) is 13.8 Å². The Labute approximate surface area is 156 Å². The highest BCUT2D eigenvalue weighted by molar-refractivity contribution is 9.10. The molecule has 7 heteroatoms. The van der Waals surface area contributed by atoms with Crippen LogP contribution in [0.4, 0.5) is 5.69 Å². The molecule has 0 aliphatic rings. The minimum absolute atomic E-state index is 0.109. The van der Waals surface area contributed by atoms with Crippen LogP contribution in [0.5, 0.6) is 0 Å². The Hall–Kier alpha value is -1.86. The summed E-state index contributed by atoms with van der Waals surface area (Å²) in [7, 11) is -3.90. The van der Waals surface area contributed by atoms with Crippen LogP contribution in [-0.2, 0) is 19.6 Å². The van der Waals surface area contributed by atoms with Crippen LogP contribution < -0.4 is 4.31 Å². The van der Waals surface area contributed by atoms with Gasteiger partial charge in [-0.2, -0.15) is 0 Å². The first-order chi connectivity index (χ1) is 11.8. The molecule has 2 aromatic rings. The Balaban J connectivity index is 2.51. The van der Waals surface area contributed by atoms with E-state index >= 15 is 0 Å². The van der Waals surface area contributed by atoms with Crippen LogP contribution >= 0.6 is 15.9 Å². The number of nitrogens with zero attached hydrogens (tertiary/aromatic N) is 1. The van der Waals surface area contributed by atoms with E-state index in [1.807, 2.05) is 19.9 Å². The number of esters is 1. The molecule has 134 valence electrons. The molecule has 0 spiro atoms. The molecule has 0 unspecified atom stereocenters. The Morgan fingerprint density at radius 3 is 2.28 bits per heavy atom. The molecule has 0 heterocycles. The van der Waals surface area contributed by atoms with Crippen molar-refractivity contribution in [2.75, 3.05) is 17.5 Å². The average Bonchev–Trinajstić information content (AvgIpc) is 2.56. The van der Waals surface area contributed by atoms with Crippen LogP contribution in [0.25, 0.3) is 0 Å². The lowest BCUT2D eigenvalue weighted by atomic mass is 10.1. The molecule has 0 atom stereocenters. The highest BCUT2D eigenvalue weighted by Gasteiger charge is 2.28. The summed E-state index contributed by atoms with van der Waals surface area (Å²) < 4.78 is 33.0. The van der Waals surface area contributed by atoms with Gasteiger partial charge in [0.05, 0.1) is 17.2 Å². The summed E-state index contributed by atoms with van der Waals surface area (Å²) >= 11 is 3.29. The molecular formula is C18H20BrNO4S. The largest absolute Gasteiger partial charge is 0.465 e. The molecule has 2 aromatic carbocycles. The van der Waals surface area contributed by atoms with Crippen molar-refractivity contribution in [2.45, 2.75) is 25.7 Å². The van der Waals surface area contributed by atoms with Crippen LogP contribution in [0.2, 0.25) is 0 Å². The van der Waals surface area contributed by atoms with Crippen molar-refractivity contribution in [1.29, 1.82) is 0 Å². The highest BCUT2D eigenvalue weighted by atomic mass is 79.9. The lowest BCUT2D eigenvalue weighted by Crippen LogP contribution is -2.36. The topological polar surface area (TPSA) is 63.7 Å². The maximum Gasteiger partial charge on any atom is 0.326 e. The van der Waals surface area contributed by atoms with Crippen molar-refractivity contribution in [3.8, 4) is 0 Å². The highest BCUT2D eigenvalue weighted by Crippen LogP contribution is 2.26. The first-order valence-electron chi connectivity index (χ1n) is 7.77. The molecule has 25 heavy (non-hydrogen) atoms. The molecule has 0 amide bonds. The van der Waals surface area contributed by atoms with Crippen LogP contribution in [0.15, 0.2) is 51.8 Å². The molecule has 2 rings (SSSR count). The van der Waals surface area contributed by atoms with Gasteiger partial charge in [0.15, 0.2) is 0 Å². The molecule has 5 nitrogen and oxygen atoms in total. The zero-order chi connectivity index (χ0) is 18.6. The smallest absolute Gasteiger partial charge is 0.326 e. The van der Waals surface area contributed by atoms with Gasteiger partial charge in [-0.15, -0.1) is 0 Å². The summed E-state index contributed by atoms with van der Waals surface area (Å²) in [5.41, 5.74) is 2.41. The molecule has 0 N–H and O–H groups in total. The van der Waals surface area contributed by atoms with E-state index in [0.29, 0.717) is 5.69 Å². The summed E-state index contributed by atoms with van der Waals surface area (Å²) in [5.74, 6) is -0.596. The standard InChI is InChI=1S/C18H20BrNO4S/c1-4-24-18(21)12-20(16-8-5-13(2)14(3)11-16)25(22,23)17-9-6-15(19)7-10-17/h5-11H,4,12H2,1-3H3. The molecule has 0 aromatic heterocycles. The first-order valence-corrected chi connectivity index (χ1v) is 10.00. The van der Waals surface area contributed by atoms with E-state index in [9.17, 15) is 13.2 Å². The maximum atomic E-state index is 13.1. The summed E-state index contributed by atoms with van der Waals surface area (Å²) in [5, 5.41) is 0. The number of aryl methyl sites for hydroxylation is 2. The number of sulfonamides is 1. The number of carbonyl (C=O) groups is 1. The minimum atomic E-state index is -3.90. The Morgan fingerprint density at radius 2 is 1.72 bits per heavy atom. The van der Waals surface area contributed by atoms with Crippen molar-refractivity contribution in [3.63, 3.8) is 0 Å². The van der Waals surface area contributed by atoms with Crippen LogP contribution in [0.1, 0.15) is 18.1 Å². The van der Waals surface area contributed by atoms with Crippen LogP contribution in [-0.4, -0.2) is 27.5 Å². The van der Waals surface area contributed by atoms with Crippen LogP contribution in [0.3, 0.4) is 0 Å². The Kier molecular flexibility index (Phi) is 6.24. The predicted molar refractivity (Wildman–Crippen MR) is 101 cm³/mol. The summed E-state index contributed by atoms with van der Waals surface area (Å²) in [6.45, 7) is 5.33. The SMILES string of the molecule is CCOC(=O)CN(c1ccc(C)c(C)c1)S(=O)(=O)c1ccc(Br)cc1. The summed E-state index contributed by atoms with van der Waals surface area (Å²) in [4.78, 5) is 12.1. The van der Waals surface area contributed by atoms with E-state index in [0.717, 1.165) is 19.9 Å². The van der Waals surface area contributed by atoms with Crippen molar-refractivity contribution < 1.29 is 17.9 Å². The zero-order valence-corrected chi connectivity index (χ0v) is 16.7. The van der Waals surface area contributed by atoms with Gasteiger partial charge in [-0.1, -0.05) is 22.0 Å². The monoisotopic (exact) mass is 425 g/mol.